The molecule has 2 bridgehead atoms. The predicted octanol–water partition coefficient (Wildman–Crippen LogP) is 5.98. The Labute approximate surface area is 364 Å². The van der Waals surface area contributed by atoms with E-state index in [-0.39, 0.29) is 48.6 Å². The molecule has 0 radical (unpaired) electrons. The molecule has 2 aliphatic heterocycles. The number of nitrogens with zero attached hydrogens (tertiary/aromatic N) is 3. The first kappa shape index (κ1) is 46.5. The summed E-state index contributed by atoms with van der Waals surface area (Å²) in [5.41, 5.74) is -3.82. The van der Waals surface area contributed by atoms with Crippen molar-refractivity contribution in [3.05, 3.63) is 23.9 Å². The molecule has 20 heteroatoms. The summed E-state index contributed by atoms with van der Waals surface area (Å²) < 4.78 is 107. The number of carbonyl (C=O) groups excluding carboxylic acids is 4. The molecule has 3 heterocycles. The summed E-state index contributed by atoms with van der Waals surface area (Å²) in [5, 5.41) is 4.28. The summed E-state index contributed by atoms with van der Waals surface area (Å²) in [7, 11) is -2.80. The molecular formula is C43H58F4N6O9S. The summed E-state index contributed by atoms with van der Waals surface area (Å²) in [4.78, 5) is 67.1. The van der Waals surface area contributed by atoms with E-state index in [0.717, 1.165) is 17.7 Å². The Morgan fingerprint density at radius 1 is 1.02 bits per heavy atom. The van der Waals surface area contributed by atoms with Gasteiger partial charge in [0.2, 0.25) is 34.1 Å². The molecule has 15 nitrogen and oxygen atoms in total. The molecular weight excluding hydrogens is 853 g/mol. The van der Waals surface area contributed by atoms with Crippen molar-refractivity contribution in [3.63, 3.8) is 0 Å². The minimum Gasteiger partial charge on any atom is -0.497 e. The average Bonchev–Trinajstić information content (AvgIpc) is 4.13. The van der Waals surface area contributed by atoms with Gasteiger partial charge in [0.15, 0.2) is 5.69 Å². The molecule has 3 aliphatic carbocycles. The Kier molecular flexibility index (Phi) is 12.9. The Hall–Kier alpha value is -4.49. The van der Waals surface area contributed by atoms with Crippen molar-refractivity contribution in [2.24, 2.45) is 29.1 Å². The number of alkyl carbamates (subject to hydrolysis) is 1. The zero-order chi connectivity index (χ0) is 45.8. The molecule has 1 aromatic carbocycles. The zero-order valence-corrected chi connectivity index (χ0v) is 37.2. The van der Waals surface area contributed by atoms with E-state index >= 15 is 13.6 Å². The van der Waals surface area contributed by atoms with Gasteiger partial charge in [-0.2, -0.15) is 8.78 Å². The summed E-state index contributed by atoms with van der Waals surface area (Å²) in [6.07, 6.45) is -3.28. The largest absolute Gasteiger partial charge is 0.497 e. The Morgan fingerprint density at radius 3 is 2.37 bits per heavy atom. The summed E-state index contributed by atoms with van der Waals surface area (Å²) in [6, 6.07) is 1.60. The van der Waals surface area contributed by atoms with Crippen LogP contribution in [0.1, 0.15) is 111 Å². The number of fused-ring (bicyclic) bond motifs is 5. The fraction of sp³-hybridized carbons (Fsp3) is 0.721. The van der Waals surface area contributed by atoms with Crippen molar-refractivity contribution in [1.29, 1.82) is 0 Å². The number of benzene rings is 1. The van der Waals surface area contributed by atoms with Gasteiger partial charge in [-0.3, -0.25) is 19.1 Å². The lowest BCUT2D eigenvalue weighted by molar-refractivity contribution is -0.144. The number of methoxy groups -OCH3 is 1. The quantitative estimate of drug-likeness (QED) is 0.251. The molecule has 1 saturated heterocycles. The minimum atomic E-state index is -4.22. The highest BCUT2D eigenvalue weighted by atomic mass is 32.2. The maximum absolute atomic E-state index is 16.6. The van der Waals surface area contributed by atoms with E-state index in [2.05, 4.69) is 20.6 Å². The lowest BCUT2D eigenvalue weighted by Gasteiger charge is -2.36. The minimum absolute atomic E-state index is 0.0535. The van der Waals surface area contributed by atoms with Gasteiger partial charge in [0.1, 0.15) is 35.6 Å². The number of hydrogen-bond acceptors (Lipinski definition) is 11. The molecule has 3 N–H and O–H groups in total. The van der Waals surface area contributed by atoms with Crippen molar-refractivity contribution in [2.75, 3.05) is 13.7 Å². The van der Waals surface area contributed by atoms with Crippen molar-refractivity contribution in [1.82, 2.24) is 30.2 Å². The molecule has 4 amide bonds. The number of ether oxygens (including phenoxy) is 3. The van der Waals surface area contributed by atoms with Crippen molar-refractivity contribution < 1.29 is 59.4 Å². The van der Waals surface area contributed by atoms with Crippen LogP contribution >= 0.6 is 0 Å². The third-order valence-electron chi connectivity index (χ3n) is 13.6. The highest BCUT2D eigenvalue weighted by Crippen LogP contribution is 2.49. The summed E-state index contributed by atoms with van der Waals surface area (Å²) >= 11 is 0. The van der Waals surface area contributed by atoms with E-state index in [1.807, 2.05) is 11.6 Å². The number of nitrogens with one attached hydrogen (secondary N) is 3. The van der Waals surface area contributed by atoms with Crippen LogP contribution in [-0.4, -0.2) is 102 Å². The molecule has 1 aromatic heterocycles. The number of alkyl halides is 4. The normalized spacial score (nSPS) is 31.4. The molecule has 4 fully saturated rings. The van der Waals surface area contributed by atoms with Gasteiger partial charge in [-0.05, 0) is 80.8 Å². The first-order valence-corrected chi connectivity index (χ1v) is 23.5. The Bertz CT molecular complexity index is 2210. The molecule has 9 unspecified atom stereocenters. The van der Waals surface area contributed by atoms with Crippen LogP contribution in [0.15, 0.2) is 18.2 Å². The molecule has 5 aliphatic rings. The fourth-order valence-corrected chi connectivity index (χ4v) is 11.0. The van der Waals surface area contributed by atoms with E-state index in [1.165, 1.54) is 19.2 Å². The standard InChI is InChI=1S/C43H58F4N6O9S/c1-7-22-17-23-11-9-10-16-43(46,47)33-37(49-29-19-24(60-6)12-15-28(29)48-33)61-31-21-53(38(55)34(41(3,4)5)50-40(57)62-30(23)18-22)32(26(31)8-2)36(54)51-42(20-27(42)35(44)45)39(56)52-63(58,59)25-13-14-25/h12,15,19,22-23,25-27,30-32,34-35H,7-11,13-14,16-18,20-21H2,1-6H3,(H,50,57)(H,51,54)(H,52,56). The van der Waals surface area contributed by atoms with Gasteiger partial charge in [0.25, 0.3) is 11.8 Å². The third kappa shape index (κ3) is 9.51. The average molecular weight is 911 g/mol. The van der Waals surface area contributed by atoms with E-state index in [4.69, 9.17) is 14.2 Å². The van der Waals surface area contributed by atoms with Gasteiger partial charge in [-0.1, -0.05) is 47.5 Å². The maximum Gasteiger partial charge on any atom is 0.408 e. The van der Waals surface area contributed by atoms with Crippen LogP contribution in [0.5, 0.6) is 11.6 Å². The molecule has 3 saturated carbocycles. The summed E-state index contributed by atoms with van der Waals surface area (Å²) in [5.74, 6) is -9.64. The van der Waals surface area contributed by atoms with Gasteiger partial charge in [0, 0.05) is 18.4 Å². The maximum atomic E-state index is 16.6. The second-order valence-electron chi connectivity index (χ2n) is 19.0. The first-order chi connectivity index (χ1) is 29.6. The number of carbonyl (C=O) groups is 4. The van der Waals surface area contributed by atoms with Crippen LogP contribution in [0.4, 0.5) is 22.4 Å². The van der Waals surface area contributed by atoms with Crippen molar-refractivity contribution >= 4 is 44.9 Å². The van der Waals surface area contributed by atoms with Gasteiger partial charge in [0.05, 0.1) is 35.9 Å². The van der Waals surface area contributed by atoms with E-state index in [1.54, 1.807) is 33.8 Å². The number of aromatic nitrogens is 2. The van der Waals surface area contributed by atoms with Crippen molar-refractivity contribution in [2.45, 2.75) is 153 Å². The third-order valence-corrected chi connectivity index (χ3v) is 15.4. The number of sulfonamides is 1. The van der Waals surface area contributed by atoms with Crippen molar-refractivity contribution in [3.8, 4) is 11.6 Å². The van der Waals surface area contributed by atoms with Gasteiger partial charge < -0.3 is 29.7 Å². The predicted molar refractivity (Wildman–Crippen MR) is 220 cm³/mol. The second-order valence-corrected chi connectivity index (χ2v) is 21.0. The monoisotopic (exact) mass is 910 g/mol. The number of hydrogen-bond donors (Lipinski definition) is 3. The highest BCUT2D eigenvalue weighted by Gasteiger charge is 2.67. The van der Waals surface area contributed by atoms with Crippen LogP contribution in [-0.2, 0) is 35.1 Å². The van der Waals surface area contributed by atoms with Crippen LogP contribution < -0.4 is 24.8 Å². The molecule has 63 heavy (non-hydrogen) atoms. The van der Waals surface area contributed by atoms with Crippen LogP contribution in [0.3, 0.4) is 0 Å². The summed E-state index contributed by atoms with van der Waals surface area (Å²) in [6.45, 7) is 8.31. The smallest absolute Gasteiger partial charge is 0.408 e. The highest BCUT2D eigenvalue weighted by molar-refractivity contribution is 7.91. The topological polar surface area (TPSA) is 195 Å². The lowest BCUT2D eigenvalue weighted by atomic mass is 9.85. The number of rotatable bonds is 9. The SMILES string of the molecule is CCC1CC2CCCCC(F)(F)c3nc4ccc(OC)cc4nc3OC3CN(C(=O)C(C(C)(C)C)NC(=O)OC2C1)C(C(=O)NC1(C(=O)NS(=O)(=O)C2CC2)CC1C(F)F)C3CC. The second kappa shape index (κ2) is 17.5. The number of halogens is 4. The Balaban J connectivity index is 1.31. The Morgan fingerprint density at radius 2 is 1.75 bits per heavy atom. The molecule has 0 spiro atoms. The molecule has 7 rings (SSSR count). The van der Waals surface area contributed by atoms with Gasteiger partial charge in [-0.15, -0.1) is 0 Å². The van der Waals surface area contributed by atoms with Gasteiger partial charge >= 0.3 is 6.09 Å². The van der Waals surface area contributed by atoms with E-state index in [9.17, 15) is 31.6 Å². The zero-order valence-electron chi connectivity index (χ0n) is 36.4. The lowest BCUT2D eigenvalue weighted by Crippen LogP contribution is -2.61. The molecule has 9 atom stereocenters. The molecule has 2 aromatic rings. The van der Waals surface area contributed by atoms with Gasteiger partial charge in [-0.25, -0.2) is 32.0 Å². The molecule has 348 valence electrons. The van der Waals surface area contributed by atoms with Crippen LogP contribution in [0, 0.1) is 29.1 Å². The van der Waals surface area contributed by atoms with E-state index < -0.39 is 129 Å². The number of amides is 4. The van der Waals surface area contributed by atoms with Crippen LogP contribution in [0.25, 0.3) is 11.0 Å². The first-order valence-electron chi connectivity index (χ1n) is 22.0. The van der Waals surface area contributed by atoms with Crippen LogP contribution in [0.2, 0.25) is 0 Å². The fourth-order valence-electron chi connectivity index (χ4n) is 9.64. The van der Waals surface area contributed by atoms with E-state index in [0.29, 0.717) is 25.0 Å².